The molecule has 0 spiro atoms. The highest BCUT2D eigenvalue weighted by Crippen LogP contribution is 2.34. The van der Waals surface area contributed by atoms with E-state index in [2.05, 4.69) is 23.2 Å². The van der Waals surface area contributed by atoms with E-state index in [9.17, 15) is 4.79 Å². The Morgan fingerprint density at radius 3 is 2.68 bits per heavy atom. The number of nitrogens with zero attached hydrogens (tertiary/aromatic N) is 2. The fourth-order valence-electron chi connectivity index (χ4n) is 3.31. The summed E-state index contributed by atoms with van der Waals surface area (Å²) in [6.07, 6.45) is 4.30. The number of hydrogen-bond donors (Lipinski definition) is 0. The molecule has 1 aromatic heterocycles. The Hall–Kier alpha value is -2.36. The number of carbonyl (C=O) groups excluding carboxylic acids is 1. The SMILES string of the molecule is CC(C)(C)OC(=O)N1CCCC1c1ncccc1Cc1ccccc1. The van der Waals surface area contributed by atoms with Crippen LogP contribution in [0, 0.1) is 0 Å². The molecule has 1 aliphatic rings. The molecule has 25 heavy (non-hydrogen) atoms. The minimum atomic E-state index is -0.485. The van der Waals surface area contributed by atoms with Crippen LogP contribution in [0.2, 0.25) is 0 Å². The third-order valence-electron chi connectivity index (χ3n) is 4.36. The van der Waals surface area contributed by atoms with Gasteiger partial charge in [-0.3, -0.25) is 9.88 Å². The Morgan fingerprint density at radius 2 is 1.96 bits per heavy atom. The molecule has 1 fully saturated rings. The van der Waals surface area contributed by atoms with E-state index in [1.165, 1.54) is 11.1 Å². The number of pyridine rings is 1. The first-order chi connectivity index (χ1) is 11.9. The maximum absolute atomic E-state index is 12.6. The number of ether oxygens (including phenoxy) is 1. The van der Waals surface area contributed by atoms with E-state index < -0.39 is 5.60 Å². The van der Waals surface area contributed by atoms with Crippen molar-refractivity contribution >= 4 is 6.09 Å². The maximum atomic E-state index is 12.6. The molecule has 1 saturated heterocycles. The van der Waals surface area contributed by atoms with E-state index in [-0.39, 0.29) is 12.1 Å². The van der Waals surface area contributed by atoms with Crippen LogP contribution in [0.1, 0.15) is 56.5 Å². The van der Waals surface area contributed by atoms with Gasteiger partial charge in [0.2, 0.25) is 0 Å². The second-order valence-electron chi connectivity index (χ2n) is 7.54. The normalized spacial score (nSPS) is 17.6. The van der Waals surface area contributed by atoms with E-state index in [1.807, 2.05) is 56.1 Å². The molecule has 1 aliphatic heterocycles. The maximum Gasteiger partial charge on any atom is 0.410 e. The van der Waals surface area contributed by atoms with Crippen molar-refractivity contribution in [2.45, 2.75) is 51.7 Å². The first-order valence-electron chi connectivity index (χ1n) is 8.91. The fraction of sp³-hybridized carbons (Fsp3) is 0.429. The molecular formula is C21H26N2O2. The average molecular weight is 338 g/mol. The standard InChI is InChI=1S/C21H26N2O2/c1-21(2,3)25-20(24)23-14-8-12-18(23)19-17(11-7-13-22-19)15-16-9-5-4-6-10-16/h4-7,9-11,13,18H,8,12,14-15H2,1-3H3. The largest absolute Gasteiger partial charge is 0.444 e. The first-order valence-corrected chi connectivity index (χ1v) is 8.91. The van der Waals surface area contributed by atoms with Crippen LogP contribution >= 0.6 is 0 Å². The van der Waals surface area contributed by atoms with Gasteiger partial charge in [-0.2, -0.15) is 0 Å². The van der Waals surface area contributed by atoms with E-state index in [4.69, 9.17) is 4.74 Å². The molecule has 0 radical (unpaired) electrons. The molecule has 132 valence electrons. The van der Waals surface area contributed by atoms with Crippen molar-refractivity contribution in [3.63, 3.8) is 0 Å². The lowest BCUT2D eigenvalue weighted by molar-refractivity contribution is 0.0221. The molecule has 4 nitrogen and oxygen atoms in total. The van der Waals surface area contributed by atoms with Crippen LogP contribution in [-0.2, 0) is 11.2 Å². The van der Waals surface area contributed by atoms with E-state index in [0.29, 0.717) is 0 Å². The van der Waals surface area contributed by atoms with Gasteiger partial charge in [0.25, 0.3) is 0 Å². The van der Waals surface area contributed by atoms with Crippen molar-refractivity contribution in [2.75, 3.05) is 6.54 Å². The average Bonchev–Trinajstić information content (AvgIpc) is 3.04. The monoisotopic (exact) mass is 338 g/mol. The van der Waals surface area contributed by atoms with Gasteiger partial charge in [0.1, 0.15) is 5.60 Å². The Kier molecular flexibility index (Phi) is 5.07. The minimum absolute atomic E-state index is 0.00485. The van der Waals surface area contributed by atoms with Crippen LogP contribution < -0.4 is 0 Å². The molecule has 1 unspecified atom stereocenters. The number of benzene rings is 1. The van der Waals surface area contributed by atoms with Crippen molar-refractivity contribution < 1.29 is 9.53 Å². The van der Waals surface area contributed by atoms with Crippen molar-refractivity contribution in [3.8, 4) is 0 Å². The minimum Gasteiger partial charge on any atom is -0.444 e. The van der Waals surface area contributed by atoms with Gasteiger partial charge in [0.05, 0.1) is 11.7 Å². The second-order valence-corrected chi connectivity index (χ2v) is 7.54. The lowest BCUT2D eigenvalue weighted by atomic mass is 9.99. The summed E-state index contributed by atoms with van der Waals surface area (Å²) in [4.78, 5) is 19.1. The summed E-state index contributed by atoms with van der Waals surface area (Å²) >= 11 is 0. The Labute approximate surface area is 149 Å². The molecular weight excluding hydrogens is 312 g/mol. The molecule has 0 aliphatic carbocycles. The van der Waals surface area contributed by atoms with E-state index >= 15 is 0 Å². The summed E-state index contributed by atoms with van der Waals surface area (Å²) in [5, 5.41) is 0. The molecule has 1 atom stereocenters. The van der Waals surface area contributed by atoms with Crippen LogP contribution in [0.15, 0.2) is 48.7 Å². The molecule has 4 heteroatoms. The highest BCUT2D eigenvalue weighted by molar-refractivity contribution is 5.69. The predicted molar refractivity (Wildman–Crippen MR) is 98.4 cm³/mol. The Balaban J connectivity index is 1.84. The first kappa shape index (κ1) is 17.5. The number of carbonyl (C=O) groups is 1. The van der Waals surface area contributed by atoms with Crippen LogP contribution in [-0.4, -0.2) is 28.1 Å². The molecule has 2 aromatic rings. The van der Waals surface area contributed by atoms with Gasteiger partial charge in [-0.15, -0.1) is 0 Å². The summed E-state index contributed by atoms with van der Waals surface area (Å²) in [6.45, 7) is 6.42. The van der Waals surface area contributed by atoms with E-state index in [1.54, 1.807) is 0 Å². The quantitative estimate of drug-likeness (QED) is 0.811. The van der Waals surface area contributed by atoms with Gasteiger partial charge in [0.15, 0.2) is 0 Å². The number of hydrogen-bond acceptors (Lipinski definition) is 3. The van der Waals surface area contributed by atoms with E-state index in [0.717, 1.165) is 31.5 Å². The second kappa shape index (κ2) is 7.26. The highest BCUT2D eigenvalue weighted by atomic mass is 16.6. The van der Waals surface area contributed by atoms with Gasteiger partial charge >= 0.3 is 6.09 Å². The zero-order chi connectivity index (χ0) is 17.9. The molecule has 1 amide bonds. The smallest absolute Gasteiger partial charge is 0.410 e. The number of rotatable bonds is 3. The molecule has 1 aromatic carbocycles. The molecule has 2 heterocycles. The molecule has 0 saturated carbocycles. The summed E-state index contributed by atoms with van der Waals surface area (Å²) in [6, 6.07) is 14.4. The zero-order valence-corrected chi connectivity index (χ0v) is 15.2. The van der Waals surface area contributed by atoms with Crippen molar-refractivity contribution in [1.82, 2.24) is 9.88 Å². The van der Waals surface area contributed by atoms with Crippen LogP contribution in [0.3, 0.4) is 0 Å². The van der Waals surface area contributed by atoms with Crippen LogP contribution in [0.5, 0.6) is 0 Å². The predicted octanol–water partition coefficient (Wildman–Crippen LogP) is 4.74. The van der Waals surface area contributed by atoms with Gasteiger partial charge in [0, 0.05) is 12.7 Å². The van der Waals surface area contributed by atoms with Gasteiger partial charge in [-0.1, -0.05) is 36.4 Å². The Morgan fingerprint density at radius 1 is 1.20 bits per heavy atom. The lowest BCUT2D eigenvalue weighted by Crippen LogP contribution is -2.36. The summed E-state index contributed by atoms with van der Waals surface area (Å²) in [5.74, 6) is 0. The summed E-state index contributed by atoms with van der Waals surface area (Å²) in [5.41, 5.74) is 2.93. The van der Waals surface area contributed by atoms with Crippen molar-refractivity contribution in [2.24, 2.45) is 0 Å². The molecule has 0 bridgehead atoms. The summed E-state index contributed by atoms with van der Waals surface area (Å²) < 4.78 is 5.59. The number of likely N-dealkylation sites (tertiary alicyclic amines) is 1. The lowest BCUT2D eigenvalue weighted by Gasteiger charge is -2.29. The molecule has 3 rings (SSSR count). The fourth-order valence-corrected chi connectivity index (χ4v) is 3.31. The van der Waals surface area contributed by atoms with Gasteiger partial charge in [-0.25, -0.2) is 4.79 Å². The van der Waals surface area contributed by atoms with Crippen LogP contribution in [0.25, 0.3) is 0 Å². The van der Waals surface area contributed by atoms with Gasteiger partial charge in [-0.05, 0) is 57.2 Å². The third kappa shape index (κ3) is 4.38. The molecule has 0 N–H and O–H groups in total. The number of amides is 1. The highest BCUT2D eigenvalue weighted by Gasteiger charge is 2.34. The summed E-state index contributed by atoms with van der Waals surface area (Å²) in [7, 11) is 0. The third-order valence-corrected chi connectivity index (χ3v) is 4.36. The zero-order valence-electron chi connectivity index (χ0n) is 15.2. The van der Waals surface area contributed by atoms with Crippen molar-refractivity contribution in [3.05, 3.63) is 65.5 Å². The van der Waals surface area contributed by atoms with Crippen LogP contribution in [0.4, 0.5) is 4.79 Å². The number of aromatic nitrogens is 1. The topological polar surface area (TPSA) is 42.4 Å². The van der Waals surface area contributed by atoms with Gasteiger partial charge < -0.3 is 4.74 Å². The Bertz CT molecular complexity index is 722. The van der Waals surface area contributed by atoms with Crippen molar-refractivity contribution in [1.29, 1.82) is 0 Å².